The highest BCUT2D eigenvalue weighted by Gasteiger charge is 2.45. The lowest BCUT2D eigenvalue weighted by Crippen LogP contribution is -2.43. The van der Waals surface area contributed by atoms with Crippen LogP contribution in [0.25, 0.3) is 5.57 Å². The number of ether oxygens (including phenoxy) is 1. The number of benzene rings is 2. The van der Waals surface area contributed by atoms with E-state index >= 15 is 0 Å². The monoisotopic (exact) mass is 293 g/mol. The van der Waals surface area contributed by atoms with E-state index in [-0.39, 0.29) is 5.91 Å². The van der Waals surface area contributed by atoms with Crippen molar-refractivity contribution in [2.75, 3.05) is 6.61 Å². The highest BCUT2D eigenvalue weighted by Crippen LogP contribution is 2.40. The molecule has 1 N–H and O–H groups in total. The van der Waals surface area contributed by atoms with Crippen molar-refractivity contribution in [3.8, 4) is 0 Å². The van der Waals surface area contributed by atoms with Gasteiger partial charge in [0.05, 0.1) is 5.57 Å². The normalized spacial score (nSPS) is 21.1. The molecule has 1 aliphatic rings. The predicted molar refractivity (Wildman–Crippen MR) is 86.9 cm³/mol. The van der Waals surface area contributed by atoms with Crippen LogP contribution in [0.2, 0.25) is 0 Å². The summed E-state index contributed by atoms with van der Waals surface area (Å²) in [5, 5.41) is 3.05. The average molecular weight is 293 g/mol. The van der Waals surface area contributed by atoms with Gasteiger partial charge in [0.1, 0.15) is 0 Å². The van der Waals surface area contributed by atoms with E-state index in [1.807, 2.05) is 74.5 Å². The molecule has 0 spiro atoms. The fourth-order valence-corrected chi connectivity index (χ4v) is 3.02. The molecule has 0 aromatic heterocycles. The molecule has 0 bridgehead atoms. The molecule has 0 saturated heterocycles. The lowest BCUT2D eigenvalue weighted by molar-refractivity contribution is -0.122. The smallest absolute Gasteiger partial charge is 0.254 e. The number of nitrogens with one attached hydrogen (secondary N) is 1. The first-order chi connectivity index (χ1) is 10.7. The van der Waals surface area contributed by atoms with Crippen LogP contribution in [0.4, 0.5) is 0 Å². The van der Waals surface area contributed by atoms with Gasteiger partial charge in [0.25, 0.3) is 5.91 Å². The Bertz CT molecular complexity index is 707. The number of amides is 1. The molecule has 3 rings (SSSR count). The van der Waals surface area contributed by atoms with E-state index < -0.39 is 5.72 Å². The minimum absolute atomic E-state index is 0.0963. The van der Waals surface area contributed by atoms with Crippen LogP contribution in [-0.2, 0) is 15.3 Å². The van der Waals surface area contributed by atoms with E-state index in [0.29, 0.717) is 12.2 Å². The van der Waals surface area contributed by atoms with Gasteiger partial charge in [-0.25, -0.2) is 0 Å². The minimum Gasteiger partial charge on any atom is -0.348 e. The molecule has 2 aromatic carbocycles. The lowest BCUT2D eigenvalue weighted by Gasteiger charge is -2.31. The quantitative estimate of drug-likeness (QED) is 0.937. The molecule has 0 saturated carbocycles. The Morgan fingerprint density at radius 3 is 2.18 bits per heavy atom. The second-order valence-corrected chi connectivity index (χ2v) is 5.30. The maximum atomic E-state index is 12.6. The molecule has 112 valence electrons. The van der Waals surface area contributed by atoms with Crippen LogP contribution in [0.1, 0.15) is 25.0 Å². The first kappa shape index (κ1) is 14.5. The van der Waals surface area contributed by atoms with Crippen LogP contribution in [0.15, 0.2) is 66.2 Å². The molecule has 1 aliphatic heterocycles. The Morgan fingerprint density at radius 1 is 1.00 bits per heavy atom. The summed E-state index contributed by atoms with van der Waals surface area (Å²) < 4.78 is 6.02. The molecule has 0 radical (unpaired) electrons. The van der Waals surface area contributed by atoms with Gasteiger partial charge >= 0.3 is 0 Å². The maximum Gasteiger partial charge on any atom is 0.254 e. The molecule has 3 nitrogen and oxygen atoms in total. The molecular weight excluding hydrogens is 274 g/mol. The van der Waals surface area contributed by atoms with E-state index in [0.717, 1.165) is 16.7 Å². The van der Waals surface area contributed by atoms with Gasteiger partial charge in [-0.1, -0.05) is 60.7 Å². The average Bonchev–Trinajstić information content (AvgIpc) is 2.81. The maximum absolute atomic E-state index is 12.6. The van der Waals surface area contributed by atoms with Crippen LogP contribution in [0.3, 0.4) is 0 Å². The van der Waals surface area contributed by atoms with Gasteiger partial charge < -0.3 is 10.1 Å². The molecule has 0 fully saturated rings. The standard InChI is InChI=1S/C19H19NO2/c1-3-22-19(16-12-8-5-9-13-16)14(2)17(18(21)20-19)15-10-6-4-7-11-15/h4-13H,3H2,1-2H3,(H,20,21). The second-order valence-electron chi connectivity index (χ2n) is 5.30. The molecular formula is C19H19NO2. The SMILES string of the molecule is CCOC1(c2ccccc2)NC(=O)C(c2ccccc2)=C1C. The van der Waals surface area contributed by atoms with Crippen LogP contribution >= 0.6 is 0 Å². The zero-order valence-corrected chi connectivity index (χ0v) is 12.8. The van der Waals surface area contributed by atoms with E-state index in [9.17, 15) is 4.79 Å². The fourth-order valence-electron chi connectivity index (χ4n) is 3.02. The zero-order valence-electron chi connectivity index (χ0n) is 12.8. The van der Waals surface area contributed by atoms with E-state index in [1.165, 1.54) is 0 Å². The Kier molecular flexibility index (Phi) is 3.82. The zero-order chi connectivity index (χ0) is 15.6. The third kappa shape index (κ3) is 2.24. The molecule has 1 unspecified atom stereocenters. The minimum atomic E-state index is -0.877. The molecule has 22 heavy (non-hydrogen) atoms. The summed E-state index contributed by atoms with van der Waals surface area (Å²) in [4.78, 5) is 12.6. The molecule has 3 heteroatoms. The van der Waals surface area contributed by atoms with Crippen molar-refractivity contribution in [2.45, 2.75) is 19.6 Å². The summed E-state index contributed by atoms with van der Waals surface area (Å²) >= 11 is 0. The van der Waals surface area contributed by atoms with Crippen molar-refractivity contribution in [3.05, 3.63) is 77.4 Å². The highest BCUT2D eigenvalue weighted by molar-refractivity contribution is 6.23. The van der Waals surface area contributed by atoms with E-state index in [1.54, 1.807) is 0 Å². The first-order valence-corrected chi connectivity index (χ1v) is 7.48. The Labute approximate surface area is 130 Å². The summed E-state index contributed by atoms with van der Waals surface area (Å²) in [6.45, 7) is 4.40. The van der Waals surface area contributed by atoms with Gasteiger partial charge in [0.2, 0.25) is 0 Å². The lowest BCUT2D eigenvalue weighted by atomic mass is 9.92. The summed E-state index contributed by atoms with van der Waals surface area (Å²) in [5.74, 6) is -0.0963. The van der Waals surface area contributed by atoms with Crippen molar-refractivity contribution in [1.29, 1.82) is 0 Å². The molecule has 0 aliphatic carbocycles. The van der Waals surface area contributed by atoms with Crippen LogP contribution < -0.4 is 5.32 Å². The number of carbonyl (C=O) groups is 1. The number of hydrogen-bond acceptors (Lipinski definition) is 2. The highest BCUT2D eigenvalue weighted by atomic mass is 16.5. The van der Waals surface area contributed by atoms with Crippen LogP contribution in [0, 0.1) is 0 Å². The fraction of sp³-hybridized carbons (Fsp3) is 0.211. The second kappa shape index (κ2) is 5.78. The number of carbonyl (C=O) groups excluding carboxylic acids is 1. The Balaban J connectivity index is 2.17. The molecule has 1 atom stereocenters. The van der Waals surface area contributed by atoms with Gasteiger partial charge in [-0.05, 0) is 25.0 Å². The van der Waals surface area contributed by atoms with Crippen molar-refractivity contribution in [1.82, 2.24) is 5.32 Å². The Morgan fingerprint density at radius 2 is 1.59 bits per heavy atom. The summed E-state index contributed by atoms with van der Waals surface area (Å²) in [6.07, 6.45) is 0. The summed E-state index contributed by atoms with van der Waals surface area (Å²) in [7, 11) is 0. The van der Waals surface area contributed by atoms with Gasteiger partial charge in [0.15, 0.2) is 5.72 Å². The topological polar surface area (TPSA) is 38.3 Å². The van der Waals surface area contributed by atoms with Gasteiger partial charge in [-0.15, -0.1) is 0 Å². The largest absolute Gasteiger partial charge is 0.348 e. The first-order valence-electron chi connectivity index (χ1n) is 7.48. The van der Waals surface area contributed by atoms with Gasteiger partial charge in [-0.3, -0.25) is 4.79 Å². The van der Waals surface area contributed by atoms with E-state index in [2.05, 4.69) is 5.32 Å². The van der Waals surface area contributed by atoms with Gasteiger partial charge in [0, 0.05) is 12.2 Å². The molecule has 1 amide bonds. The van der Waals surface area contributed by atoms with Crippen LogP contribution in [-0.4, -0.2) is 12.5 Å². The number of rotatable bonds is 4. The summed E-state index contributed by atoms with van der Waals surface area (Å²) in [6, 6.07) is 19.5. The van der Waals surface area contributed by atoms with Crippen LogP contribution in [0.5, 0.6) is 0 Å². The van der Waals surface area contributed by atoms with Gasteiger partial charge in [-0.2, -0.15) is 0 Å². The van der Waals surface area contributed by atoms with Crippen molar-refractivity contribution in [3.63, 3.8) is 0 Å². The summed E-state index contributed by atoms with van der Waals surface area (Å²) in [5.41, 5.74) is 2.57. The molecule has 2 aromatic rings. The molecule has 1 heterocycles. The predicted octanol–water partition coefficient (Wildman–Crippen LogP) is 3.48. The van der Waals surface area contributed by atoms with Crippen molar-refractivity contribution < 1.29 is 9.53 Å². The van der Waals surface area contributed by atoms with Crippen molar-refractivity contribution >= 4 is 11.5 Å². The number of hydrogen-bond donors (Lipinski definition) is 1. The third-order valence-electron chi connectivity index (χ3n) is 4.02. The Hall–Kier alpha value is -2.39. The van der Waals surface area contributed by atoms with Crippen molar-refractivity contribution in [2.24, 2.45) is 0 Å². The van der Waals surface area contributed by atoms with E-state index in [4.69, 9.17) is 4.74 Å². The third-order valence-corrected chi connectivity index (χ3v) is 4.02.